The number of morpholine rings is 1. The van der Waals surface area contributed by atoms with Crippen LogP contribution in [0.15, 0.2) is 72.8 Å². The van der Waals surface area contributed by atoms with Gasteiger partial charge in [0.05, 0.1) is 30.1 Å². The van der Waals surface area contributed by atoms with Gasteiger partial charge in [-0.15, -0.1) is 0 Å². The molecule has 4 aromatic rings. The Balaban J connectivity index is 1.61. The molecule has 0 spiro atoms. The van der Waals surface area contributed by atoms with Gasteiger partial charge in [0.25, 0.3) is 0 Å². The molecule has 1 aliphatic rings. The zero-order valence-electron chi connectivity index (χ0n) is 18.7. The van der Waals surface area contributed by atoms with Crippen LogP contribution in [-0.4, -0.2) is 41.2 Å². The summed E-state index contributed by atoms with van der Waals surface area (Å²) in [6, 6.07) is 25.3. The van der Waals surface area contributed by atoms with E-state index in [9.17, 15) is 0 Å². The highest BCUT2D eigenvalue weighted by molar-refractivity contribution is 5.84. The van der Waals surface area contributed by atoms with Crippen molar-refractivity contribution in [3.05, 3.63) is 89.6 Å². The van der Waals surface area contributed by atoms with Crippen LogP contribution in [0.1, 0.15) is 16.8 Å². The predicted molar refractivity (Wildman–Crippen MR) is 130 cm³/mol. The molecule has 2 heterocycles. The summed E-state index contributed by atoms with van der Waals surface area (Å²) in [7, 11) is 0. The minimum Gasteiger partial charge on any atom is -0.379 e. The molecular weight excluding hydrogens is 396 g/mol. The number of para-hydroxylation sites is 2. The lowest BCUT2D eigenvalue weighted by Gasteiger charge is -2.28. The smallest absolute Gasteiger partial charge is 0.235 e. The summed E-state index contributed by atoms with van der Waals surface area (Å²) in [6.45, 7) is 8.67. The molecule has 0 N–H and O–H groups in total. The number of anilines is 3. The van der Waals surface area contributed by atoms with Gasteiger partial charge in [0, 0.05) is 30.7 Å². The van der Waals surface area contributed by atoms with Gasteiger partial charge in [-0.05, 0) is 49.2 Å². The highest BCUT2D eigenvalue weighted by atomic mass is 16.5. The maximum atomic E-state index is 5.51. The minimum absolute atomic E-state index is 0.694. The average Bonchev–Trinajstić information content (AvgIpc) is 2.83. The monoisotopic (exact) mass is 424 g/mol. The lowest BCUT2D eigenvalue weighted by Crippen LogP contribution is -2.35. The number of benzene rings is 3. The fraction of sp³-hybridized carbons (Fsp3) is 0.259. The zero-order valence-corrected chi connectivity index (χ0v) is 18.7. The Bertz CT molecular complexity index is 1220. The Hall–Kier alpha value is -3.28. The number of hydrogen-bond acceptors (Lipinski definition) is 5. The van der Waals surface area contributed by atoms with E-state index < -0.39 is 0 Å². The van der Waals surface area contributed by atoms with Crippen molar-refractivity contribution in [1.82, 2.24) is 14.9 Å². The SMILES string of the molecule is Cc1ccc(CN2CCOCC2)cc1N(c1ccccc1)c1nc(C)c2ccccc2n1. The van der Waals surface area contributed by atoms with E-state index >= 15 is 0 Å². The van der Waals surface area contributed by atoms with Gasteiger partial charge in [0.2, 0.25) is 5.95 Å². The molecule has 0 unspecified atom stereocenters. The summed E-state index contributed by atoms with van der Waals surface area (Å²) in [5.74, 6) is 0.694. The second-order valence-corrected chi connectivity index (χ2v) is 8.31. The van der Waals surface area contributed by atoms with Crippen molar-refractivity contribution < 1.29 is 4.74 Å². The summed E-state index contributed by atoms with van der Waals surface area (Å²) < 4.78 is 5.51. The number of aryl methyl sites for hydroxylation is 2. The number of hydrogen-bond donors (Lipinski definition) is 0. The molecule has 0 atom stereocenters. The van der Waals surface area contributed by atoms with Crippen LogP contribution in [0.4, 0.5) is 17.3 Å². The van der Waals surface area contributed by atoms with E-state index in [2.05, 4.69) is 78.2 Å². The fourth-order valence-electron chi connectivity index (χ4n) is 4.27. The lowest BCUT2D eigenvalue weighted by molar-refractivity contribution is 0.0342. The Labute approximate surface area is 189 Å². The molecule has 32 heavy (non-hydrogen) atoms. The summed E-state index contributed by atoms with van der Waals surface area (Å²) in [5.41, 5.74) is 6.57. The van der Waals surface area contributed by atoms with Gasteiger partial charge < -0.3 is 4.74 Å². The second kappa shape index (κ2) is 9.07. The molecule has 5 rings (SSSR count). The van der Waals surface area contributed by atoms with Gasteiger partial charge in [-0.1, -0.05) is 48.5 Å². The quantitative estimate of drug-likeness (QED) is 0.420. The van der Waals surface area contributed by atoms with Crippen molar-refractivity contribution in [3.63, 3.8) is 0 Å². The van der Waals surface area contributed by atoms with Crippen LogP contribution in [-0.2, 0) is 11.3 Å². The number of rotatable bonds is 5. The van der Waals surface area contributed by atoms with Crippen LogP contribution in [0.5, 0.6) is 0 Å². The minimum atomic E-state index is 0.694. The highest BCUT2D eigenvalue weighted by Gasteiger charge is 2.20. The first-order chi connectivity index (χ1) is 15.7. The Morgan fingerprint density at radius 1 is 0.875 bits per heavy atom. The molecule has 0 saturated carbocycles. The van der Waals surface area contributed by atoms with Crippen molar-refractivity contribution in [2.75, 3.05) is 31.2 Å². The van der Waals surface area contributed by atoms with Crippen molar-refractivity contribution in [2.45, 2.75) is 20.4 Å². The van der Waals surface area contributed by atoms with Gasteiger partial charge in [-0.3, -0.25) is 9.80 Å². The summed E-state index contributed by atoms with van der Waals surface area (Å²) >= 11 is 0. The molecule has 0 aliphatic carbocycles. The Morgan fingerprint density at radius 3 is 2.44 bits per heavy atom. The molecule has 162 valence electrons. The van der Waals surface area contributed by atoms with E-state index in [0.717, 1.165) is 60.8 Å². The molecule has 3 aromatic carbocycles. The number of ether oxygens (including phenoxy) is 1. The third-order valence-corrected chi connectivity index (χ3v) is 6.02. The largest absolute Gasteiger partial charge is 0.379 e. The lowest BCUT2D eigenvalue weighted by atomic mass is 10.1. The third-order valence-electron chi connectivity index (χ3n) is 6.02. The first-order valence-corrected chi connectivity index (χ1v) is 11.2. The topological polar surface area (TPSA) is 41.5 Å². The molecule has 1 saturated heterocycles. The van der Waals surface area contributed by atoms with E-state index in [1.54, 1.807) is 0 Å². The van der Waals surface area contributed by atoms with Gasteiger partial charge >= 0.3 is 0 Å². The van der Waals surface area contributed by atoms with E-state index in [0.29, 0.717) is 5.95 Å². The van der Waals surface area contributed by atoms with Gasteiger partial charge in [0.15, 0.2) is 0 Å². The van der Waals surface area contributed by atoms with Gasteiger partial charge in [-0.25, -0.2) is 9.97 Å². The summed E-state index contributed by atoms with van der Waals surface area (Å²) in [4.78, 5) is 14.5. The van der Waals surface area contributed by atoms with E-state index in [4.69, 9.17) is 14.7 Å². The van der Waals surface area contributed by atoms with E-state index in [1.807, 2.05) is 18.2 Å². The maximum absolute atomic E-state index is 5.51. The van der Waals surface area contributed by atoms with Crippen molar-refractivity contribution >= 4 is 28.2 Å². The average molecular weight is 425 g/mol. The normalized spacial score (nSPS) is 14.6. The second-order valence-electron chi connectivity index (χ2n) is 8.31. The number of fused-ring (bicyclic) bond motifs is 1. The zero-order chi connectivity index (χ0) is 21.9. The molecule has 0 bridgehead atoms. The predicted octanol–water partition coefficient (Wildman–Crippen LogP) is 5.55. The van der Waals surface area contributed by atoms with Crippen LogP contribution in [0.25, 0.3) is 10.9 Å². The van der Waals surface area contributed by atoms with Crippen LogP contribution >= 0.6 is 0 Å². The van der Waals surface area contributed by atoms with Crippen LogP contribution in [0.3, 0.4) is 0 Å². The highest BCUT2D eigenvalue weighted by Crippen LogP contribution is 2.36. The maximum Gasteiger partial charge on any atom is 0.235 e. The van der Waals surface area contributed by atoms with Crippen molar-refractivity contribution in [2.24, 2.45) is 0 Å². The summed E-state index contributed by atoms with van der Waals surface area (Å²) in [6.07, 6.45) is 0. The Morgan fingerprint density at radius 2 is 1.62 bits per heavy atom. The fourth-order valence-corrected chi connectivity index (χ4v) is 4.27. The molecule has 0 amide bonds. The van der Waals surface area contributed by atoms with Crippen molar-refractivity contribution in [1.29, 1.82) is 0 Å². The van der Waals surface area contributed by atoms with Crippen LogP contribution in [0, 0.1) is 13.8 Å². The first kappa shape index (κ1) is 20.6. The van der Waals surface area contributed by atoms with Gasteiger partial charge in [0.1, 0.15) is 0 Å². The molecule has 5 nitrogen and oxygen atoms in total. The molecular formula is C27H28N4O. The van der Waals surface area contributed by atoms with Crippen molar-refractivity contribution in [3.8, 4) is 0 Å². The molecule has 1 aliphatic heterocycles. The summed E-state index contributed by atoms with van der Waals surface area (Å²) in [5, 5.41) is 1.09. The van der Waals surface area contributed by atoms with Crippen LogP contribution < -0.4 is 4.90 Å². The molecule has 0 radical (unpaired) electrons. The van der Waals surface area contributed by atoms with Gasteiger partial charge in [-0.2, -0.15) is 0 Å². The first-order valence-electron chi connectivity index (χ1n) is 11.2. The molecule has 5 heteroatoms. The Kier molecular flexibility index (Phi) is 5.84. The number of aromatic nitrogens is 2. The standard InChI is InChI=1S/C27H28N4O/c1-20-12-13-22(19-30-14-16-32-17-15-30)18-26(20)31(23-8-4-3-5-9-23)27-28-21(2)24-10-6-7-11-25(24)29-27/h3-13,18H,14-17,19H2,1-2H3. The molecule has 1 aromatic heterocycles. The molecule has 1 fully saturated rings. The number of nitrogens with zero attached hydrogens (tertiary/aromatic N) is 4. The van der Waals surface area contributed by atoms with E-state index in [-0.39, 0.29) is 0 Å². The van der Waals surface area contributed by atoms with E-state index in [1.165, 1.54) is 11.1 Å². The third kappa shape index (κ3) is 4.22. The van der Waals surface area contributed by atoms with Crippen LogP contribution in [0.2, 0.25) is 0 Å².